The zero-order chi connectivity index (χ0) is 6.12. The zero-order valence-corrected chi connectivity index (χ0v) is 10.2. The average Bonchev–Trinajstić information content (AvgIpc) is 1.75. The molecule has 0 rings (SSSR count). The molecule has 0 aromatic rings. The minimum atomic E-state index is 1.22. The Balaban J connectivity index is 0. The number of rotatable bonds is 2. The van der Waals surface area contributed by atoms with Crippen LogP contribution in [-0.2, 0) is 14.8 Å². The molecule has 0 saturated heterocycles. The summed E-state index contributed by atoms with van der Waals surface area (Å²) in [6.07, 6.45) is 4.69. The van der Waals surface area contributed by atoms with Gasteiger partial charge in [0.15, 0.2) is 0 Å². The van der Waals surface area contributed by atoms with Gasteiger partial charge in [-0.1, -0.05) is 13.8 Å². The molecule has 0 atom stereocenters. The van der Waals surface area contributed by atoms with Crippen molar-refractivity contribution in [1.82, 2.24) is 0 Å². The monoisotopic (exact) mass is 262 g/mol. The van der Waals surface area contributed by atoms with E-state index in [0.717, 1.165) is 0 Å². The van der Waals surface area contributed by atoms with Gasteiger partial charge < -0.3 is 6.42 Å². The molecule has 0 aliphatic heterocycles. The van der Waals surface area contributed by atoms with E-state index >= 15 is 0 Å². The summed E-state index contributed by atoms with van der Waals surface area (Å²) in [6, 6.07) is 0. The summed E-state index contributed by atoms with van der Waals surface area (Å²) in [4.78, 5) is 0. The second-order valence-electron chi connectivity index (χ2n) is 1.11. The normalized spacial score (nSPS) is 7.00. The van der Waals surface area contributed by atoms with E-state index in [1.807, 2.05) is 0 Å². The Bertz CT molecular complexity index is 15.6. The van der Waals surface area contributed by atoms with Crippen LogP contribution in [0.4, 0.5) is 0 Å². The van der Waals surface area contributed by atoms with Crippen molar-refractivity contribution < 1.29 is 14.8 Å². The first-order valence-electron chi connectivity index (χ1n) is 2.50. The first-order chi connectivity index (χ1) is 3.41. The van der Waals surface area contributed by atoms with Crippen LogP contribution in [0.15, 0.2) is 0 Å². The predicted molar refractivity (Wildman–Crippen MR) is 38.9 cm³/mol. The second kappa shape index (κ2) is 15.7. The van der Waals surface area contributed by atoms with Gasteiger partial charge in [-0.25, -0.2) is 0 Å². The van der Waals surface area contributed by atoms with Crippen molar-refractivity contribution in [3.63, 3.8) is 0 Å². The summed E-state index contributed by atoms with van der Waals surface area (Å²) in [5.74, 6) is 0. The number of unbranched alkanes of at least 4 members (excludes halogenated alkanes) is 2. The van der Waals surface area contributed by atoms with Gasteiger partial charge in [-0.3, -0.25) is 0 Å². The molecule has 0 amide bonds. The Morgan fingerprint density at radius 2 is 1.57 bits per heavy atom. The van der Waals surface area contributed by atoms with Crippen LogP contribution in [0.2, 0.25) is 0 Å². The molecule has 0 unspecified atom stereocenters. The molecule has 0 fully saturated rings. The van der Waals surface area contributed by atoms with Crippen molar-refractivity contribution >= 4 is 19.8 Å². The van der Waals surface area contributed by atoms with Gasteiger partial charge in [0.1, 0.15) is 0 Å². The first kappa shape index (κ1) is 11.2. The van der Waals surface area contributed by atoms with Gasteiger partial charge in [-0.05, 0) is 0 Å². The molecule has 0 nitrogen and oxygen atoms in total. The Hall–Kier alpha value is 1.35. The molecule has 0 aromatic carbocycles. The maximum absolute atomic E-state index is 2.28. The summed E-state index contributed by atoms with van der Waals surface area (Å²) in [5.41, 5.74) is 0. The van der Waals surface area contributed by atoms with Crippen molar-refractivity contribution in [2.24, 2.45) is 0 Å². The van der Waals surface area contributed by atoms with Crippen LogP contribution < -0.4 is 0 Å². The van der Waals surface area contributed by atoms with Crippen LogP contribution in [0.5, 0.6) is 0 Å². The van der Waals surface area contributed by atoms with Crippen molar-refractivity contribution in [1.29, 1.82) is 0 Å². The van der Waals surface area contributed by atoms with E-state index in [2.05, 4.69) is 40.0 Å². The van der Waals surface area contributed by atoms with Gasteiger partial charge in [-0.15, -0.1) is 0 Å². The first-order valence-corrected chi connectivity index (χ1v) is 11.5. The standard InChI is InChI=1S/C5H11.HI.Zn/c1-3-5-4-2;;/h5H,3-4H2,1-2H3;1H;/q-1;;+2/p-1. The maximum atomic E-state index is 2.28. The quantitative estimate of drug-likeness (QED) is 0.408. The summed E-state index contributed by atoms with van der Waals surface area (Å²) < 4.78 is 0. The van der Waals surface area contributed by atoms with E-state index in [-0.39, 0.29) is 0 Å². The van der Waals surface area contributed by atoms with Crippen LogP contribution in [0.3, 0.4) is 0 Å². The summed E-state index contributed by atoms with van der Waals surface area (Å²) in [7, 11) is 0. The number of hydrogen-bond acceptors (Lipinski definition) is 0. The molecule has 0 saturated carbocycles. The number of hydrogen-bond donors (Lipinski definition) is 0. The van der Waals surface area contributed by atoms with Gasteiger partial charge in [0.05, 0.1) is 0 Å². The van der Waals surface area contributed by atoms with E-state index in [0.29, 0.717) is 0 Å². The molecular weight excluding hydrogens is 252 g/mol. The molecule has 40 valence electrons. The third-order valence-electron chi connectivity index (χ3n) is 0.577. The summed E-state index contributed by atoms with van der Waals surface area (Å²) >= 11 is 3.62. The SMILES string of the molecule is CC[CH-]CC.[Zn+][I]. The Labute approximate surface area is 67.3 Å². The van der Waals surface area contributed by atoms with E-state index < -0.39 is 0 Å². The predicted octanol–water partition coefficient (Wildman–Crippen LogP) is 2.89. The van der Waals surface area contributed by atoms with Crippen LogP contribution in [-0.4, -0.2) is 0 Å². The van der Waals surface area contributed by atoms with Gasteiger partial charge in [-0.2, -0.15) is 12.8 Å². The molecular formula is C5H11IZn. The second-order valence-corrected chi connectivity index (χ2v) is 1.11. The van der Waals surface area contributed by atoms with E-state index in [4.69, 9.17) is 0 Å². The third-order valence-corrected chi connectivity index (χ3v) is 0.577. The molecule has 0 radical (unpaired) electrons. The fourth-order valence-corrected chi connectivity index (χ4v) is 0.289. The fraction of sp³-hybridized carbons (Fsp3) is 0.800. The topological polar surface area (TPSA) is 0 Å². The Morgan fingerprint density at radius 3 is 1.57 bits per heavy atom. The van der Waals surface area contributed by atoms with Gasteiger partial charge in [0.2, 0.25) is 0 Å². The average molecular weight is 263 g/mol. The fourth-order valence-electron chi connectivity index (χ4n) is 0.289. The van der Waals surface area contributed by atoms with Crippen LogP contribution in [0.25, 0.3) is 0 Å². The zero-order valence-electron chi connectivity index (χ0n) is 5.08. The van der Waals surface area contributed by atoms with Crippen molar-refractivity contribution in [2.75, 3.05) is 0 Å². The van der Waals surface area contributed by atoms with E-state index in [1.54, 1.807) is 0 Å². The molecule has 2 heteroatoms. The van der Waals surface area contributed by atoms with Crippen molar-refractivity contribution in [3.05, 3.63) is 6.42 Å². The molecule has 7 heavy (non-hydrogen) atoms. The van der Waals surface area contributed by atoms with Crippen molar-refractivity contribution in [3.8, 4) is 0 Å². The minimum absolute atomic E-state index is 1.22. The molecule has 0 aliphatic rings. The molecule has 0 N–H and O–H groups in total. The molecule has 0 aliphatic carbocycles. The van der Waals surface area contributed by atoms with E-state index in [9.17, 15) is 0 Å². The van der Waals surface area contributed by atoms with Crippen LogP contribution in [0.1, 0.15) is 26.7 Å². The molecule has 0 spiro atoms. The van der Waals surface area contributed by atoms with Crippen LogP contribution >= 0.6 is 19.8 Å². The number of halogens is 1. The van der Waals surface area contributed by atoms with Crippen LogP contribution in [0, 0.1) is 6.42 Å². The Kier molecular flexibility index (Phi) is 25.0. The van der Waals surface area contributed by atoms with Gasteiger partial charge in [0, 0.05) is 0 Å². The molecule has 0 bridgehead atoms. The third kappa shape index (κ3) is 18.7. The van der Waals surface area contributed by atoms with Gasteiger partial charge >= 0.3 is 34.5 Å². The molecule has 0 aromatic heterocycles. The summed E-state index contributed by atoms with van der Waals surface area (Å²) in [5, 5.41) is 0. The van der Waals surface area contributed by atoms with Gasteiger partial charge in [0.25, 0.3) is 0 Å². The molecule has 0 heterocycles. The summed E-state index contributed by atoms with van der Waals surface area (Å²) in [6.45, 7) is 4.31. The Morgan fingerprint density at radius 1 is 1.29 bits per heavy atom. The van der Waals surface area contributed by atoms with Crippen molar-refractivity contribution in [2.45, 2.75) is 26.7 Å². The van der Waals surface area contributed by atoms with E-state index in [1.165, 1.54) is 27.6 Å².